The summed E-state index contributed by atoms with van der Waals surface area (Å²) in [6, 6.07) is 5.45. The number of methoxy groups -OCH3 is 1. The summed E-state index contributed by atoms with van der Waals surface area (Å²) in [6.07, 6.45) is -0.0412. The number of carbonyl (C=O) groups is 3. The second-order valence-corrected chi connectivity index (χ2v) is 5.81. The minimum absolute atomic E-state index is 0.182. The van der Waals surface area contributed by atoms with Gasteiger partial charge in [-0.3, -0.25) is 9.59 Å². The topological polar surface area (TPSA) is 87.2 Å². The molecule has 0 bridgehead atoms. The Kier molecular flexibility index (Phi) is 5.56. The van der Waals surface area contributed by atoms with E-state index in [2.05, 4.69) is 0 Å². The number of amides is 2. The second-order valence-electron chi connectivity index (χ2n) is 5.81. The monoisotopic (exact) mass is 334 g/mol. The Morgan fingerprint density at radius 1 is 1.33 bits per heavy atom. The molecule has 2 rings (SSSR count). The molecule has 1 fully saturated rings. The van der Waals surface area contributed by atoms with E-state index >= 15 is 0 Å². The fourth-order valence-corrected chi connectivity index (χ4v) is 2.74. The van der Waals surface area contributed by atoms with E-state index in [1.54, 1.807) is 30.1 Å². The van der Waals surface area contributed by atoms with Gasteiger partial charge in [-0.15, -0.1) is 0 Å². The maximum atomic E-state index is 12.7. The van der Waals surface area contributed by atoms with E-state index in [1.807, 2.05) is 6.92 Å². The van der Waals surface area contributed by atoms with E-state index < -0.39 is 17.9 Å². The lowest BCUT2D eigenvalue weighted by Gasteiger charge is -2.22. The maximum Gasteiger partial charge on any atom is 0.326 e. The van der Waals surface area contributed by atoms with Gasteiger partial charge in [-0.2, -0.15) is 0 Å². The summed E-state index contributed by atoms with van der Waals surface area (Å²) < 4.78 is 5.20. The molecule has 1 aliphatic rings. The van der Waals surface area contributed by atoms with Crippen LogP contribution in [0.25, 0.3) is 0 Å². The van der Waals surface area contributed by atoms with Gasteiger partial charge in [-0.05, 0) is 25.1 Å². The minimum atomic E-state index is -1.05. The number of hydrogen-bond donors (Lipinski definition) is 1. The third-order valence-corrected chi connectivity index (χ3v) is 4.32. The Morgan fingerprint density at radius 3 is 2.58 bits per heavy atom. The van der Waals surface area contributed by atoms with Crippen molar-refractivity contribution in [2.45, 2.75) is 25.5 Å². The summed E-state index contributed by atoms with van der Waals surface area (Å²) in [5.41, 5.74) is 0.702. The van der Waals surface area contributed by atoms with Gasteiger partial charge in [0.05, 0.1) is 6.10 Å². The van der Waals surface area contributed by atoms with Crippen LogP contribution in [0, 0.1) is 0 Å². The highest BCUT2D eigenvalue weighted by Gasteiger charge is 2.40. The zero-order chi connectivity index (χ0) is 17.9. The van der Waals surface area contributed by atoms with E-state index in [-0.39, 0.29) is 25.0 Å². The molecule has 0 saturated carbocycles. The number of hydrogen-bond acceptors (Lipinski definition) is 4. The average Bonchev–Trinajstić information content (AvgIpc) is 3.04. The molecule has 1 N–H and O–H groups in total. The first-order valence-electron chi connectivity index (χ1n) is 7.81. The fourth-order valence-electron chi connectivity index (χ4n) is 2.74. The van der Waals surface area contributed by atoms with Gasteiger partial charge in [0, 0.05) is 44.8 Å². The highest BCUT2D eigenvalue weighted by Crippen LogP contribution is 2.23. The number of ether oxygens (including phenoxy) is 1. The molecule has 0 spiro atoms. The van der Waals surface area contributed by atoms with Crippen LogP contribution in [0.15, 0.2) is 24.3 Å². The standard InChI is InChI=1S/C17H22N2O5/c1-4-18(2)15(20)11-6-5-7-12(8-11)16(21)19-10-13(24-3)9-14(19)17(22)23/h5-8,13-14H,4,9-10H2,1-3H3,(H,22,23). The molecule has 1 aromatic rings. The lowest BCUT2D eigenvalue weighted by molar-refractivity contribution is -0.141. The lowest BCUT2D eigenvalue weighted by Crippen LogP contribution is -2.40. The number of carboxylic acids is 1. The summed E-state index contributed by atoms with van der Waals surface area (Å²) in [5.74, 6) is -1.64. The third kappa shape index (κ3) is 3.56. The van der Waals surface area contributed by atoms with E-state index in [1.165, 1.54) is 18.1 Å². The summed E-state index contributed by atoms with van der Waals surface area (Å²) in [6.45, 7) is 2.64. The number of carbonyl (C=O) groups excluding carboxylic acids is 2. The molecule has 2 unspecified atom stereocenters. The normalized spacial score (nSPS) is 20.0. The molecular formula is C17H22N2O5. The molecule has 0 aliphatic carbocycles. The highest BCUT2D eigenvalue weighted by molar-refractivity contribution is 6.00. The Morgan fingerprint density at radius 2 is 2.00 bits per heavy atom. The van der Waals surface area contributed by atoms with Crippen LogP contribution in [0.3, 0.4) is 0 Å². The first-order valence-corrected chi connectivity index (χ1v) is 7.81. The van der Waals surface area contributed by atoms with Gasteiger partial charge in [0.15, 0.2) is 0 Å². The smallest absolute Gasteiger partial charge is 0.326 e. The lowest BCUT2D eigenvalue weighted by atomic mass is 10.1. The molecule has 1 saturated heterocycles. The van der Waals surface area contributed by atoms with Crippen molar-refractivity contribution in [2.75, 3.05) is 27.2 Å². The van der Waals surface area contributed by atoms with Gasteiger partial charge in [0.1, 0.15) is 6.04 Å². The van der Waals surface area contributed by atoms with Crippen molar-refractivity contribution in [2.24, 2.45) is 0 Å². The van der Waals surface area contributed by atoms with E-state index in [9.17, 15) is 19.5 Å². The molecule has 130 valence electrons. The zero-order valence-corrected chi connectivity index (χ0v) is 14.1. The number of rotatable bonds is 5. The van der Waals surface area contributed by atoms with Gasteiger partial charge >= 0.3 is 5.97 Å². The van der Waals surface area contributed by atoms with Crippen LogP contribution in [0.5, 0.6) is 0 Å². The molecule has 2 atom stereocenters. The minimum Gasteiger partial charge on any atom is -0.480 e. The van der Waals surface area contributed by atoms with Crippen molar-refractivity contribution in [3.63, 3.8) is 0 Å². The van der Waals surface area contributed by atoms with Crippen LogP contribution in [-0.2, 0) is 9.53 Å². The third-order valence-electron chi connectivity index (χ3n) is 4.32. The van der Waals surface area contributed by atoms with Gasteiger partial charge in [0.25, 0.3) is 11.8 Å². The summed E-state index contributed by atoms with van der Waals surface area (Å²) in [5, 5.41) is 9.33. The molecule has 2 amide bonds. The van der Waals surface area contributed by atoms with Crippen molar-refractivity contribution in [1.82, 2.24) is 9.80 Å². The Balaban J connectivity index is 2.26. The van der Waals surface area contributed by atoms with Crippen LogP contribution in [-0.4, -0.2) is 72.1 Å². The number of likely N-dealkylation sites (tertiary alicyclic amines) is 1. The average molecular weight is 334 g/mol. The quantitative estimate of drug-likeness (QED) is 0.871. The number of nitrogens with zero attached hydrogens (tertiary/aromatic N) is 2. The Bertz CT molecular complexity index is 646. The van der Waals surface area contributed by atoms with Gasteiger partial charge in [0.2, 0.25) is 0 Å². The van der Waals surface area contributed by atoms with E-state index in [4.69, 9.17) is 4.74 Å². The van der Waals surface area contributed by atoms with E-state index in [0.29, 0.717) is 17.7 Å². The van der Waals surface area contributed by atoms with Crippen LogP contribution >= 0.6 is 0 Å². The summed E-state index contributed by atoms with van der Waals surface area (Å²) in [7, 11) is 3.18. The molecule has 1 aliphatic heterocycles. The summed E-state index contributed by atoms with van der Waals surface area (Å²) in [4.78, 5) is 39.2. The van der Waals surface area contributed by atoms with E-state index in [0.717, 1.165) is 0 Å². The number of aliphatic carboxylic acids is 1. The molecule has 1 aromatic carbocycles. The largest absolute Gasteiger partial charge is 0.480 e. The second kappa shape index (κ2) is 7.44. The first kappa shape index (κ1) is 17.9. The molecule has 0 radical (unpaired) electrons. The predicted molar refractivity (Wildman–Crippen MR) is 87.0 cm³/mol. The Hall–Kier alpha value is -2.41. The predicted octanol–water partition coefficient (Wildman–Crippen LogP) is 1.09. The van der Waals surface area contributed by atoms with Crippen molar-refractivity contribution in [3.05, 3.63) is 35.4 Å². The molecule has 24 heavy (non-hydrogen) atoms. The van der Waals surface area contributed by atoms with Crippen molar-refractivity contribution >= 4 is 17.8 Å². The van der Waals surface area contributed by atoms with Crippen molar-refractivity contribution < 1.29 is 24.2 Å². The molecular weight excluding hydrogens is 312 g/mol. The van der Waals surface area contributed by atoms with Gasteiger partial charge in [-0.25, -0.2) is 4.79 Å². The van der Waals surface area contributed by atoms with Gasteiger partial charge in [-0.1, -0.05) is 6.07 Å². The molecule has 7 nitrogen and oxygen atoms in total. The zero-order valence-electron chi connectivity index (χ0n) is 14.1. The van der Waals surface area contributed by atoms with Crippen LogP contribution in [0.1, 0.15) is 34.1 Å². The summed E-state index contributed by atoms with van der Waals surface area (Å²) >= 11 is 0. The van der Waals surface area contributed by atoms with Crippen LogP contribution in [0.4, 0.5) is 0 Å². The molecule has 0 aromatic heterocycles. The van der Waals surface area contributed by atoms with Crippen molar-refractivity contribution in [3.8, 4) is 0 Å². The number of carboxylic acid groups (broad SMARTS) is 1. The number of benzene rings is 1. The van der Waals surface area contributed by atoms with Crippen molar-refractivity contribution in [1.29, 1.82) is 0 Å². The fraction of sp³-hybridized carbons (Fsp3) is 0.471. The first-order chi connectivity index (χ1) is 11.4. The molecule has 7 heteroatoms. The maximum absolute atomic E-state index is 12.7. The molecule has 1 heterocycles. The Labute approximate surface area is 140 Å². The van der Waals surface area contributed by atoms with Crippen LogP contribution in [0.2, 0.25) is 0 Å². The SMILES string of the molecule is CCN(C)C(=O)c1cccc(C(=O)N2CC(OC)CC2C(=O)O)c1. The highest BCUT2D eigenvalue weighted by atomic mass is 16.5. The van der Waals surface area contributed by atoms with Crippen LogP contribution < -0.4 is 0 Å². The van der Waals surface area contributed by atoms with Gasteiger partial charge < -0.3 is 19.6 Å².